The summed E-state index contributed by atoms with van der Waals surface area (Å²) in [5.41, 5.74) is 8.55. The molecule has 0 fully saturated rings. The van der Waals surface area contributed by atoms with Crippen molar-refractivity contribution in [3.8, 4) is 11.1 Å². The van der Waals surface area contributed by atoms with Crippen molar-refractivity contribution in [1.82, 2.24) is 11.0 Å². The molecule has 0 bridgehead atoms. The van der Waals surface area contributed by atoms with Crippen LogP contribution in [-0.2, 0) is 24.1 Å². The number of benzene rings is 2. The highest BCUT2D eigenvalue weighted by Crippen LogP contribution is 2.44. The van der Waals surface area contributed by atoms with Crippen LogP contribution in [0.3, 0.4) is 0 Å². The van der Waals surface area contributed by atoms with Crippen LogP contribution < -0.4 is 11.0 Å². The number of hydroxylamine groups is 2. The fraction of sp³-hybridized carbons (Fsp3) is 0.400. The molecule has 0 heterocycles. The third-order valence-electron chi connectivity index (χ3n) is 5.37. The Hall–Kier alpha value is -3.23. The highest BCUT2D eigenvalue weighted by Gasteiger charge is 2.30. The van der Waals surface area contributed by atoms with Gasteiger partial charge in [-0.25, -0.2) is 11.0 Å². The molecule has 8 heteroatoms. The number of hydrogen-bond acceptors (Lipinski definition) is 5. The van der Waals surface area contributed by atoms with Crippen LogP contribution in [0.15, 0.2) is 48.5 Å². The number of amides is 2. The second-order valence-corrected chi connectivity index (χ2v) is 9.03. The molecule has 1 aliphatic carbocycles. The molecule has 2 amide bonds. The van der Waals surface area contributed by atoms with Crippen molar-refractivity contribution >= 4 is 17.8 Å². The first-order valence-corrected chi connectivity index (χ1v) is 11.0. The molecule has 176 valence electrons. The molecule has 0 aliphatic heterocycles. The maximum absolute atomic E-state index is 12.4. The Morgan fingerprint density at radius 3 is 2.09 bits per heavy atom. The lowest BCUT2D eigenvalue weighted by Gasteiger charge is -2.19. The van der Waals surface area contributed by atoms with Gasteiger partial charge in [-0.3, -0.25) is 24.1 Å². The van der Waals surface area contributed by atoms with Gasteiger partial charge in [0.2, 0.25) is 5.91 Å². The summed E-state index contributed by atoms with van der Waals surface area (Å²) in [5, 5.41) is 9.45. The lowest BCUT2D eigenvalue weighted by molar-refractivity contribution is -0.153. The Bertz CT molecular complexity index is 968. The van der Waals surface area contributed by atoms with Crippen LogP contribution in [0.4, 0.5) is 0 Å². The van der Waals surface area contributed by atoms with E-state index >= 15 is 0 Å². The highest BCUT2D eigenvalue weighted by molar-refractivity contribution is 5.96. The third-order valence-corrected chi connectivity index (χ3v) is 5.37. The summed E-state index contributed by atoms with van der Waals surface area (Å²) in [6.07, 6.45) is 0.263. The largest absolute Gasteiger partial charge is 0.481 e. The van der Waals surface area contributed by atoms with Crippen LogP contribution in [0, 0.1) is 5.92 Å². The van der Waals surface area contributed by atoms with Gasteiger partial charge in [-0.15, -0.1) is 0 Å². The van der Waals surface area contributed by atoms with Crippen molar-refractivity contribution in [2.24, 2.45) is 5.92 Å². The van der Waals surface area contributed by atoms with Crippen molar-refractivity contribution < 1.29 is 29.2 Å². The third kappa shape index (κ3) is 6.40. The molecular formula is C25H30N2O6. The van der Waals surface area contributed by atoms with Crippen molar-refractivity contribution in [2.45, 2.75) is 51.6 Å². The van der Waals surface area contributed by atoms with Gasteiger partial charge in [0.15, 0.2) is 0 Å². The van der Waals surface area contributed by atoms with E-state index in [1.54, 1.807) is 20.8 Å². The molecule has 0 saturated carbocycles. The first kappa shape index (κ1) is 24.4. The van der Waals surface area contributed by atoms with Crippen molar-refractivity contribution in [2.75, 3.05) is 6.61 Å². The zero-order valence-electron chi connectivity index (χ0n) is 19.1. The predicted molar refractivity (Wildman–Crippen MR) is 122 cm³/mol. The predicted octanol–water partition coefficient (Wildman–Crippen LogP) is 3.56. The van der Waals surface area contributed by atoms with Gasteiger partial charge in [0, 0.05) is 12.3 Å². The molecule has 0 aromatic heterocycles. The minimum atomic E-state index is -1.32. The van der Waals surface area contributed by atoms with E-state index in [-0.39, 0.29) is 37.7 Å². The minimum Gasteiger partial charge on any atom is -0.481 e. The summed E-state index contributed by atoms with van der Waals surface area (Å²) in [4.78, 5) is 46.5. The van der Waals surface area contributed by atoms with E-state index < -0.39 is 23.4 Å². The molecule has 0 radical (unpaired) electrons. The van der Waals surface area contributed by atoms with Crippen LogP contribution in [0.5, 0.6) is 0 Å². The smallest absolute Gasteiger partial charge is 0.316 e. The highest BCUT2D eigenvalue weighted by atomic mass is 16.7. The second-order valence-electron chi connectivity index (χ2n) is 9.03. The van der Waals surface area contributed by atoms with Crippen molar-refractivity contribution in [3.63, 3.8) is 0 Å². The number of carbonyl (C=O) groups is 3. The van der Waals surface area contributed by atoms with Crippen molar-refractivity contribution in [3.05, 3.63) is 59.7 Å². The summed E-state index contributed by atoms with van der Waals surface area (Å²) in [5.74, 6) is -3.76. The molecule has 0 unspecified atom stereocenters. The minimum absolute atomic E-state index is 0.00254. The Kier molecular flexibility index (Phi) is 7.84. The van der Waals surface area contributed by atoms with E-state index in [0.29, 0.717) is 0 Å². The molecule has 2 aromatic carbocycles. The first-order valence-electron chi connectivity index (χ1n) is 11.0. The average Bonchev–Trinajstić information content (AvgIpc) is 3.08. The molecule has 0 saturated heterocycles. The lowest BCUT2D eigenvalue weighted by atomic mass is 9.98. The van der Waals surface area contributed by atoms with E-state index in [1.807, 2.05) is 36.4 Å². The van der Waals surface area contributed by atoms with E-state index in [2.05, 4.69) is 23.1 Å². The van der Waals surface area contributed by atoms with Crippen LogP contribution in [-0.4, -0.2) is 35.1 Å². The van der Waals surface area contributed by atoms with Crippen LogP contribution >= 0.6 is 0 Å². The van der Waals surface area contributed by atoms with Gasteiger partial charge in [0.05, 0.1) is 12.2 Å². The molecule has 3 rings (SSSR count). The normalized spacial score (nSPS) is 13.7. The van der Waals surface area contributed by atoms with E-state index in [9.17, 15) is 19.5 Å². The monoisotopic (exact) mass is 454 g/mol. The number of carboxylic acids is 1. The number of hydrogen-bond donors (Lipinski definition) is 3. The fourth-order valence-electron chi connectivity index (χ4n) is 3.80. The van der Waals surface area contributed by atoms with E-state index in [4.69, 9.17) is 9.68 Å². The summed E-state index contributed by atoms with van der Waals surface area (Å²) >= 11 is 0. The maximum Gasteiger partial charge on any atom is 0.316 e. The number of rotatable bonds is 10. The van der Waals surface area contributed by atoms with Gasteiger partial charge in [-0.2, -0.15) is 0 Å². The number of fused-ring (bicyclic) bond motifs is 3. The summed E-state index contributed by atoms with van der Waals surface area (Å²) < 4.78 is 0. The van der Waals surface area contributed by atoms with Crippen LogP contribution in [0.1, 0.15) is 57.1 Å². The lowest BCUT2D eigenvalue weighted by Crippen LogP contribution is -2.36. The molecule has 2 aromatic rings. The Morgan fingerprint density at radius 1 is 0.970 bits per heavy atom. The number of aliphatic carboxylic acids is 1. The van der Waals surface area contributed by atoms with Gasteiger partial charge in [0.1, 0.15) is 5.92 Å². The summed E-state index contributed by atoms with van der Waals surface area (Å²) in [7, 11) is 0. The average molecular weight is 455 g/mol. The Balaban J connectivity index is 1.51. The van der Waals surface area contributed by atoms with Gasteiger partial charge in [-0.05, 0) is 55.9 Å². The summed E-state index contributed by atoms with van der Waals surface area (Å²) in [6, 6.07) is 16.0. The topological polar surface area (TPSA) is 114 Å². The standard InChI is InChI=1S/C25H30N2O6/c1-25(2,3)33-26-22(28)14-8-13-20(24(30)31)23(29)27-32-15-21-18-11-6-4-9-16(18)17-10-5-7-12-19(17)21/h4-7,9-12,20-21H,8,13-15H2,1-3H3,(H,26,28)(H,27,29)(H,30,31)/t20-/m1/s1. The molecule has 0 spiro atoms. The van der Waals surface area contributed by atoms with E-state index in [0.717, 1.165) is 22.3 Å². The number of carboxylic acid groups (broad SMARTS) is 1. The molecule has 33 heavy (non-hydrogen) atoms. The molecule has 3 N–H and O–H groups in total. The number of carbonyl (C=O) groups excluding carboxylic acids is 2. The molecule has 8 nitrogen and oxygen atoms in total. The SMILES string of the molecule is CC(C)(C)ONC(=O)CCC[C@@H](C(=O)O)C(=O)NOCC1c2ccccc2-c2ccccc21. The van der Waals surface area contributed by atoms with Crippen LogP contribution in [0.2, 0.25) is 0 Å². The summed E-state index contributed by atoms with van der Waals surface area (Å²) in [6.45, 7) is 5.56. The second kappa shape index (κ2) is 10.6. The fourth-order valence-corrected chi connectivity index (χ4v) is 3.80. The van der Waals surface area contributed by atoms with Crippen LogP contribution in [0.25, 0.3) is 11.1 Å². The molecule has 1 atom stereocenters. The van der Waals surface area contributed by atoms with E-state index in [1.165, 1.54) is 0 Å². The zero-order chi connectivity index (χ0) is 24.0. The molecular weight excluding hydrogens is 424 g/mol. The van der Waals surface area contributed by atoms with Gasteiger partial charge in [0.25, 0.3) is 5.91 Å². The Morgan fingerprint density at radius 2 is 1.55 bits per heavy atom. The zero-order valence-corrected chi connectivity index (χ0v) is 19.1. The quantitative estimate of drug-likeness (QED) is 0.374. The molecule has 1 aliphatic rings. The van der Waals surface area contributed by atoms with Gasteiger partial charge < -0.3 is 5.11 Å². The van der Waals surface area contributed by atoms with Gasteiger partial charge >= 0.3 is 5.97 Å². The Labute approximate surface area is 193 Å². The first-order chi connectivity index (χ1) is 15.7. The maximum atomic E-state index is 12.4. The number of nitrogens with one attached hydrogen (secondary N) is 2. The van der Waals surface area contributed by atoms with Crippen molar-refractivity contribution in [1.29, 1.82) is 0 Å². The van der Waals surface area contributed by atoms with Gasteiger partial charge in [-0.1, -0.05) is 48.5 Å².